The molecule has 0 aliphatic carbocycles. The largest absolute Gasteiger partial charge is 0.466 e. The van der Waals surface area contributed by atoms with Crippen LogP contribution >= 0.6 is 0 Å². The highest BCUT2D eigenvalue weighted by Gasteiger charge is 2.09. The molecule has 3 heterocycles. The minimum absolute atomic E-state index is 0.0552. The summed E-state index contributed by atoms with van der Waals surface area (Å²) in [4.78, 5) is 23.8. The number of hydrogen-bond acceptors (Lipinski definition) is 6. The predicted molar refractivity (Wildman–Crippen MR) is 136 cm³/mol. The molecule has 0 saturated carbocycles. The molecule has 2 aromatic rings. The van der Waals surface area contributed by atoms with Crippen LogP contribution in [0.3, 0.4) is 0 Å². The monoisotopic (exact) mass is 456 g/mol. The molecular formula is C27H44N4O2. The zero-order valence-corrected chi connectivity index (χ0v) is 21.2. The summed E-state index contributed by atoms with van der Waals surface area (Å²) in [7, 11) is 0. The van der Waals surface area contributed by atoms with Gasteiger partial charge in [-0.1, -0.05) is 45.6 Å². The Hall–Kier alpha value is -2.50. The summed E-state index contributed by atoms with van der Waals surface area (Å²) in [6.07, 6.45) is 15.7. The fourth-order valence-corrected chi connectivity index (χ4v) is 3.56. The molecule has 0 spiro atoms. The van der Waals surface area contributed by atoms with Crippen molar-refractivity contribution >= 4 is 11.8 Å². The zero-order chi connectivity index (χ0) is 24.2. The van der Waals surface area contributed by atoms with E-state index in [0.29, 0.717) is 13.0 Å². The number of carbonyl (C=O) groups excluding carboxylic acids is 1. The molecule has 0 unspecified atom stereocenters. The van der Waals surface area contributed by atoms with E-state index >= 15 is 0 Å². The molecule has 6 nitrogen and oxygen atoms in total. The molecule has 2 aromatic heterocycles. The molecule has 0 fully saturated rings. The summed E-state index contributed by atoms with van der Waals surface area (Å²) in [6.45, 7) is 9.26. The van der Waals surface area contributed by atoms with Crippen molar-refractivity contribution in [3.05, 3.63) is 47.7 Å². The third-order valence-corrected chi connectivity index (χ3v) is 5.27. The summed E-state index contributed by atoms with van der Waals surface area (Å²) in [5.41, 5.74) is 2.59. The number of hydrogen-bond donors (Lipinski definition) is 1. The summed E-state index contributed by atoms with van der Waals surface area (Å²) in [5, 5.41) is 3.46. The quantitative estimate of drug-likeness (QED) is 0.326. The van der Waals surface area contributed by atoms with Crippen molar-refractivity contribution in [3.8, 4) is 0 Å². The fourth-order valence-electron chi connectivity index (χ4n) is 3.56. The van der Waals surface area contributed by atoms with Crippen LogP contribution in [0, 0.1) is 6.92 Å². The maximum atomic E-state index is 11.2. The Kier molecular flexibility index (Phi) is 16.4. The van der Waals surface area contributed by atoms with Crippen molar-refractivity contribution in [2.75, 3.05) is 18.5 Å². The molecule has 3 rings (SSSR count). The van der Waals surface area contributed by atoms with Gasteiger partial charge in [-0.3, -0.25) is 4.79 Å². The summed E-state index contributed by atoms with van der Waals surface area (Å²) < 4.78 is 4.93. The van der Waals surface area contributed by atoms with Gasteiger partial charge < -0.3 is 10.1 Å². The van der Waals surface area contributed by atoms with E-state index in [1.54, 1.807) is 18.5 Å². The molecule has 1 N–H and O–H groups in total. The maximum absolute atomic E-state index is 11.2. The number of anilines is 1. The normalized spacial score (nSPS) is 12.0. The van der Waals surface area contributed by atoms with Gasteiger partial charge in [0.2, 0.25) is 0 Å². The van der Waals surface area contributed by atoms with Crippen molar-refractivity contribution in [3.63, 3.8) is 0 Å². The Labute approximate surface area is 201 Å². The number of nitrogens with zero attached hydrogens (tertiary/aromatic N) is 3. The number of rotatable bonds is 10. The lowest BCUT2D eigenvalue weighted by Gasteiger charge is -2.09. The fraction of sp³-hybridized carbons (Fsp3) is 0.630. The van der Waals surface area contributed by atoms with E-state index in [0.717, 1.165) is 43.9 Å². The third-order valence-electron chi connectivity index (χ3n) is 5.27. The number of esters is 1. The van der Waals surface area contributed by atoms with E-state index in [-0.39, 0.29) is 5.97 Å². The van der Waals surface area contributed by atoms with Crippen molar-refractivity contribution in [1.29, 1.82) is 0 Å². The van der Waals surface area contributed by atoms with Gasteiger partial charge in [-0.15, -0.1) is 0 Å². The van der Waals surface area contributed by atoms with Gasteiger partial charge in [-0.2, -0.15) is 0 Å². The van der Waals surface area contributed by atoms with E-state index in [4.69, 9.17) is 9.72 Å². The molecule has 0 radical (unpaired) electrons. The lowest BCUT2D eigenvalue weighted by molar-refractivity contribution is -0.143. The predicted octanol–water partition coefficient (Wildman–Crippen LogP) is 6.48. The molecule has 0 aromatic carbocycles. The number of unbranched alkanes of at least 4 members (excludes halogenated alkanes) is 5. The standard InChI is InChI=1S/C20H32N2O2.C5H6N2.C2H6/c1-2-24-19(23)13-8-6-4-3-5-7-12-18-15-14-17-11-9-10-16-21-20(17)22-18;1-5-6-3-2-4-7-5;1-2/h14-15H,2-13,16H2,1H3,(H,21,22);2-4H,1H3;1-2H3. The average Bonchev–Trinajstić information content (AvgIpc) is 3.08. The van der Waals surface area contributed by atoms with Gasteiger partial charge in [0.1, 0.15) is 11.6 Å². The molecule has 33 heavy (non-hydrogen) atoms. The molecule has 6 heteroatoms. The third kappa shape index (κ3) is 13.6. The first-order valence-electron chi connectivity index (χ1n) is 12.8. The summed E-state index contributed by atoms with van der Waals surface area (Å²) in [5.74, 6) is 1.88. The topological polar surface area (TPSA) is 77.0 Å². The highest BCUT2D eigenvalue weighted by atomic mass is 16.5. The number of ether oxygens (including phenoxy) is 1. The van der Waals surface area contributed by atoms with Crippen molar-refractivity contribution in [1.82, 2.24) is 15.0 Å². The highest BCUT2D eigenvalue weighted by molar-refractivity contribution is 5.69. The maximum Gasteiger partial charge on any atom is 0.305 e. The Morgan fingerprint density at radius 1 is 1.00 bits per heavy atom. The van der Waals surface area contributed by atoms with E-state index in [1.165, 1.54) is 49.8 Å². The zero-order valence-electron chi connectivity index (χ0n) is 21.2. The molecule has 0 bridgehead atoms. The Bertz CT molecular complexity index is 753. The Morgan fingerprint density at radius 3 is 2.36 bits per heavy atom. The molecule has 184 valence electrons. The van der Waals surface area contributed by atoms with Crippen molar-refractivity contribution in [2.45, 2.75) is 98.3 Å². The lowest BCUT2D eigenvalue weighted by atomic mass is 10.1. The number of pyridine rings is 1. The van der Waals surface area contributed by atoms with E-state index in [2.05, 4.69) is 27.4 Å². The first-order chi connectivity index (χ1) is 16.2. The highest BCUT2D eigenvalue weighted by Crippen LogP contribution is 2.20. The molecule has 0 saturated heterocycles. The van der Waals surface area contributed by atoms with Crippen molar-refractivity contribution in [2.24, 2.45) is 0 Å². The van der Waals surface area contributed by atoms with Gasteiger partial charge in [0.15, 0.2) is 0 Å². The van der Waals surface area contributed by atoms with E-state index in [1.807, 2.05) is 27.7 Å². The van der Waals surface area contributed by atoms with Gasteiger partial charge in [0.25, 0.3) is 0 Å². The second kappa shape index (κ2) is 19.0. The van der Waals surface area contributed by atoms with Crippen LogP contribution < -0.4 is 5.32 Å². The summed E-state index contributed by atoms with van der Waals surface area (Å²) in [6, 6.07) is 6.25. The second-order valence-corrected chi connectivity index (χ2v) is 7.92. The smallest absolute Gasteiger partial charge is 0.305 e. The first kappa shape index (κ1) is 28.5. The molecule has 0 amide bonds. The van der Waals surface area contributed by atoms with Crippen LogP contribution in [0.25, 0.3) is 0 Å². The molecule has 0 atom stereocenters. The number of aryl methyl sites for hydroxylation is 3. The van der Waals surface area contributed by atoms with Crippen LogP contribution in [0.1, 0.15) is 95.6 Å². The van der Waals surface area contributed by atoms with Gasteiger partial charge in [-0.25, -0.2) is 15.0 Å². The van der Waals surface area contributed by atoms with E-state index < -0.39 is 0 Å². The van der Waals surface area contributed by atoms with Gasteiger partial charge in [-0.05, 0) is 70.1 Å². The molecular weight excluding hydrogens is 412 g/mol. The second-order valence-electron chi connectivity index (χ2n) is 7.92. The number of fused-ring (bicyclic) bond motifs is 1. The minimum Gasteiger partial charge on any atom is -0.466 e. The van der Waals surface area contributed by atoms with Gasteiger partial charge in [0.05, 0.1) is 6.61 Å². The summed E-state index contributed by atoms with van der Waals surface area (Å²) >= 11 is 0. The van der Waals surface area contributed by atoms with Crippen LogP contribution in [0.15, 0.2) is 30.6 Å². The van der Waals surface area contributed by atoms with Crippen LogP contribution in [-0.2, 0) is 22.4 Å². The van der Waals surface area contributed by atoms with Gasteiger partial charge >= 0.3 is 5.97 Å². The lowest BCUT2D eigenvalue weighted by Crippen LogP contribution is -2.04. The van der Waals surface area contributed by atoms with Crippen LogP contribution in [0.4, 0.5) is 5.82 Å². The van der Waals surface area contributed by atoms with Crippen LogP contribution in [0.2, 0.25) is 0 Å². The number of nitrogens with one attached hydrogen (secondary N) is 1. The SMILES string of the molecule is CC.CCOC(=O)CCCCCCCCc1ccc2c(n1)NCCCC2.Cc1ncccn1. The van der Waals surface area contributed by atoms with Crippen molar-refractivity contribution < 1.29 is 9.53 Å². The van der Waals surface area contributed by atoms with Crippen LogP contribution in [-0.4, -0.2) is 34.1 Å². The van der Waals surface area contributed by atoms with Gasteiger partial charge in [0, 0.05) is 31.1 Å². The molecule has 1 aliphatic rings. The minimum atomic E-state index is -0.0552. The number of aromatic nitrogens is 3. The average molecular weight is 457 g/mol. The Morgan fingerprint density at radius 2 is 1.70 bits per heavy atom. The van der Waals surface area contributed by atoms with Crippen LogP contribution in [0.5, 0.6) is 0 Å². The van der Waals surface area contributed by atoms with E-state index in [9.17, 15) is 4.79 Å². The first-order valence-corrected chi connectivity index (χ1v) is 12.8. The molecule has 1 aliphatic heterocycles. The Balaban J connectivity index is 0.000000508. The number of carbonyl (C=O) groups is 1.